The Morgan fingerprint density at radius 1 is 0.625 bits per heavy atom. The maximum absolute atomic E-state index is 0. The van der Waals surface area contributed by atoms with E-state index in [1.54, 1.807) is 0 Å². The minimum absolute atomic E-state index is 0. The summed E-state index contributed by atoms with van der Waals surface area (Å²) in [7, 11) is 0. The van der Waals surface area contributed by atoms with Crippen molar-refractivity contribution in [1.82, 2.24) is 0 Å². The molecular formula is H11AlLa2O3SrTa. The molecule has 0 aromatic rings. The van der Waals surface area contributed by atoms with Crippen molar-refractivity contribution in [1.29, 1.82) is 0 Å². The summed E-state index contributed by atoms with van der Waals surface area (Å²) in [5, 5.41) is 0. The van der Waals surface area contributed by atoms with E-state index in [0.717, 1.165) is 0 Å². The predicted octanol–water partition coefficient (Wildman–Crippen LogP) is -4.58. The van der Waals surface area contributed by atoms with Gasteiger partial charge in [0.15, 0.2) is 17.4 Å². The topological polar surface area (TPSA) is 94.5 Å². The summed E-state index contributed by atoms with van der Waals surface area (Å²) in [6.45, 7) is 0. The van der Waals surface area contributed by atoms with Gasteiger partial charge < -0.3 is 16.4 Å². The number of hydrogen-bond acceptors (Lipinski definition) is 0. The van der Waals surface area contributed by atoms with Crippen molar-refractivity contribution in [3.05, 3.63) is 0 Å². The van der Waals surface area contributed by atoms with Gasteiger partial charge in [0, 0.05) is 93.6 Å². The standard InChI is InChI=1S/Al.2La.3H2O.Sr.Ta.5H/h;;;3*1H2;;;;;;;. The molecule has 8 heavy (non-hydrogen) atoms. The number of rotatable bonds is 0. The Labute approximate surface area is 168 Å². The Hall–Kier alpha value is 5.02. The average Bonchev–Trinajstić information content (AvgIpc) is 0. The molecule has 0 aromatic carbocycles. The number of hydrogen-bond donors (Lipinski definition) is 0. The first-order chi connectivity index (χ1) is 0. The van der Waals surface area contributed by atoms with Crippen molar-refractivity contribution in [2.45, 2.75) is 0 Å². The van der Waals surface area contributed by atoms with Gasteiger partial charge >= 0.3 is 45.5 Å². The minimum atomic E-state index is 0. The van der Waals surface area contributed by atoms with Gasteiger partial charge in [0.25, 0.3) is 0 Å². The molecule has 0 amide bonds. The molecule has 0 heterocycles. The van der Waals surface area contributed by atoms with Crippen molar-refractivity contribution >= 4 is 62.8 Å². The largest absolute Gasteiger partial charge is 0 e. The minimum Gasteiger partial charge on any atom is 0 e. The SMILES string of the molecule is O.O.O.[AlH3].[La].[La].[SrH2].[Ta]. The second-order valence-electron chi connectivity index (χ2n) is 0. The molecule has 0 spiro atoms. The molecule has 0 fully saturated rings. The maximum Gasteiger partial charge on any atom is 0 e. The quantitative estimate of drug-likeness (QED) is 0.241. The van der Waals surface area contributed by atoms with E-state index in [2.05, 4.69) is 0 Å². The van der Waals surface area contributed by atoms with E-state index < -0.39 is 0 Å². The van der Waals surface area contributed by atoms with Gasteiger partial charge in [-0.05, 0) is 0 Å². The summed E-state index contributed by atoms with van der Waals surface area (Å²) in [4.78, 5) is 0. The van der Waals surface area contributed by atoms with Crippen molar-refractivity contribution in [3.63, 3.8) is 0 Å². The Bertz CT molecular complexity index is 17.2. The van der Waals surface area contributed by atoms with Crippen molar-refractivity contribution in [2.24, 2.45) is 0 Å². The fraction of sp³-hybridized carbons (Fsp3) is 0. The van der Waals surface area contributed by atoms with Crippen LogP contribution in [0.4, 0.5) is 0 Å². The first-order valence-electron chi connectivity index (χ1n) is 0. The third-order valence-electron chi connectivity index (χ3n) is 0. The first kappa shape index (κ1) is 74.6. The van der Waals surface area contributed by atoms with E-state index >= 15 is 0 Å². The third-order valence-corrected chi connectivity index (χ3v) is 0. The maximum atomic E-state index is 0. The fourth-order valence-electron chi connectivity index (χ4n) is 0. The molecule has 0 aliphatic carbocycles. The van der Waals surface area contributed by atoms with Crippen LogP contribution < -0.4 is 0 Å². The third kappa shape index (κ3) is 43.9. The molecule has 0 aliphatic rings. The van der Waals surface area contributed by atoms with Crippen LogP contribution in [0.15, 0.2) is 0 Å². The van der Waals surface area contributed by atoms with Crippen molar-refractivity contribution in [2.75, 3.05) is 0 Å². The van der Waals surface area contributed by atoms with Crippen molar-refractivity contribution < 1.29 is 110 Å². The monoisotopic (exact) mass is 633 g/mol. The van der Waals surface area contributed by atoms with E-state index in [1.165, 1.54) is 0 Å². The van der Waals surface area contributed by atoms with Gasteiger partial charge in [0.1, 0.15) is 0 Å². The van der Waals surface area contributed by atoms with Gasteiger partial charge in [-0.2, -0.15) is 0 Å². The van der Waals surface area contributed by atoms with Crippen LogP contribution in [0.3, 0.4) is 0 Å². The Balaban J connectivity index is 0. The fourth-order valence-corrected chi connectivity index (χ4v) is 0. The van der Waals surface area contributed by atoms with E-state index in [1.807, 2.05) is 0 Å². The van der Waals surface area contributed by atoms with Crippen LogP contribution in [-0.2, 0) is 22.4 Å². The van der Waals surface area contributed by atoms with Gasteiger partial charge in [0.2, 0.25) is 0 Å². The summed E-state index contributed by atoms with van der Waals surface area (Å²) in [6, 6.07) is 0. The summed E-state index contributed by atoms with van der Waals surface area (Å²) in [6.07, 6.45) is 0. The molecule has 0 bridgehead atoms. The molecule has 0 atom stereocenters. The Kier molecular flexibility index (Phi) is 540. The van der Waals surface area contributed by atoms with Gasteiger partial charge in [0.05, 0.1) is 0 Å². The van der Waals surface area contributed by atoms with Gasteiger partial charge in [-0.25, -0.2) is 0 Å². The average molecular weight is 632 g/mol. The van der Waals surface area contributed by atoms with E-state index in [9.17, 15) is 0 Å². The smallest absolute Gasteiger partial charge is 0 e. The van der Waals surface area contributed by atoms with Gasteiger partial charge in [-0.15, -0.1) is 0 Å². The molecule has 0 saturated carbocycles. The van der Waals surface area contributed by atoms with Crippen LogP contribution in [0.2, 0.25) is 0 Å². The molecule has 45 valence electrons. The van der Waals surface area contributed by atoms with Gasteiger partial charge in [-0.3, -0.25) is 0 Å². The van der Waals surface area contributed by atoms with Crippen LogP contribution in [0, 0.1) is 71.2 Å². The van der Waals surface area contributed by atoms with Crippen LogP contribution in [0.1, 0.15) is 0 Å². The van der Waals surface area contributed by atoms with Gasteiger partial charge in [-0.1, -0.05) is 0 Å². The molecule has 3 nitrogen and oxygen atoms in total. The molecular weight excluding hydrogens is 621 g/mol. The van der Waals surface area contributed by atoms with E-state index in [-0.39, 0.29) is 173 Å². The predicted molar refractivity (Wildman–Crippen MR) is 29.3 cm³/mol. The van der Waals surface area contributed by atoms with Crippen LogP contribution in [0.5, 0.6) is 0 Å². The first-order valence-corrected chi connectivity index (χ1v) is 0. The molecule has 6 N–H and O–H groups in total. The summed E-state index contributed by atoms with van der Waals surface area (Å²) < 4.78 is 0. The molecule has 8 heteroatoms. The second-order valence-corrected chi connectivity index (χ2v) is 0. The summed E-state index contributed by atoms with van der Waals surface area (Å²) in [5.41, 5.74) is 0. The zero-order valence-electron chi connectivity index (χ0n) is 3.10. The molecule has 0 aliphatic heterocycles. The van der Waals surface area contributed by atoms with E-state index in [0.29, 0.717) is 0 Å². The zero-order valence-corrected chi connectivity index (χ0v) is 13.6. The zero-order chi connectivity index (χ0) is 0. The normalized spacial score (nSPS) is 0. The Morgan fingerprint density at radius 2 is 0.625 bits per heavy atom. The van der Waals surface area contributed by atoms with Crippen LogP contribution in [0.25, 0.3) is 0 Å². The van der Waals surface area contributed by atoms with Crippen LogP contribution in [-0.4, -0.2) is 79.3 Å². The summed E-state index contributed by atoms with van der Waals surface area (Å²) >= 11 is 0. The second kappa shape index (κ2) is 57.9. The molecule has 0 saturated heterocycles. The van der Waals surface area contributed by atoms with Crippen molar-refractivity contribution in [3.8, 4) is 0 Å². The molecule has 0 unspecified atom stereocenters. The van der Waals surface area contributed by atoms with Crippen LogP contribution >= 0.6 is 0 Å². The summed E-state index contributed by atoms with van der Waals surface area (Å²) in [5.74, 6) is 0. The molecule has 0 rings (SSSR count). The Morgan fingerprint density at radius 3 is 0.625 bits per heavy atom. The molecule has 0 aromatic heterocycles. The molecule has 3 radical (unpaired) electrons. The van der Waals surface area contributed by atoms with E-state index in [4.69, 9.17) is 0 Å².